The van der Waals surface area contributed by atoms with Crippen LogP contribution in [0.5, 0.6) is 0 Å². The molecule has 1 aromatic heterocycles. The smallest absolute Gasteiger partial charge is 0.185 e. The maximum atomic E-state index is 4.98. The average molecular weight is 308 g/mol. The molecule has 3 rings (SSSR count). The molecule has 1 atom stereocenters. The van der Waals surface area contributed by atoms with E-state index in [2.05, 4.69) is 31.0 Å². The molecule has 1 N–H and O–H groups in total. The lowest BCUT2D eigenvalue weighted by atomic mass is 9.78. The molecule has 3 nitrogen and oxygen atoms in total. The van der Waals surface area contributed by atoms with Crippen LogP contribution in [0.1, 0.15) is 69.5 Å². The highest BCUT2D eigenvalue weighted by Gasteiger charge is 2.31. The summed E-state index contributed by atoms with van der Waals surface area (Å²) < 4.78 is 0. The number of hydrogen-bond acceptors (Lipinski definition) is 4. The van der Waals surface area contributed by atoms with E-state index in [1.54, 1.807) is 0 Å². The van der Waals surface area contributed by atoms with E-state index in [4.69, 9.17) is 4.98 Å². The number of thiazole rings is 1. The summed E-state index contributed by atoms with van der Waals surface area (Å²) in [4.78, 5) is 9.03. The van der Waals surface area contributed by atoms with Gasteiger partial charge in [0.15, 0.2) is 5.13 Å². The highest BCUT2D eigenvalue weighted by molar-refractivity contribution is 7.15. The fourth-order valence-electron chi connectivity index (χ4n) is 3.57. The van der Waals surface area contributed by atoms with Crippen molar-refractivity contribution >= 4 is 16.5 Å². The van der Waals surface area contributed by atoms with Crippen LogP contribution in [0, 0.1) is 5.41 Å². The Kier molecular flexibility index (Phi) is 4.55. The predicted octanol–water partition coefficient (Wildman–Crippen LogP) is 4.15. The van der Waals surface area contributed by atoms with Crippen LogP contribution in [0.3, 0.4) is 0 Å². The SMILES string of the molecule is CCNC1CCCc2nc(N3CCC(C)(CC)CC3)sc21. The van der Waals surface area contributed by atoms with Gasteiger partial charge in [-0.25, -0.2) is 4.98 Å². The summed E-state index contributed by atoms with van der Waals surface area (Å²) in [5.41, 5.74) is 1.93. The van der Waals surface area contributed by atoms with Gasteiger partial charge < -0.3 is 10.2 Å². The molecule has 0 amide bonds. The topological polar surface area (TPSA) is 28.2 Å². The van der Waals surface area contributed by atoms with Gasteiger partial charge in [0.05, 0.1) is 5.69 Å². The second-order valence-corrected chi connectivity index (χ2v) is 7.97. The van der Waals surface area contributed by atoms with Crippen LogP contribution in [0.15, 0.2) is 0 Å². The van der Waals surface area contributed by atoms with Gasteiger partial charge in [0.1, 0.15) is 0 Å². The molecule has 0 saturated carbocycles. The third-order valence-corrected chi connectivity index (χ3v) is 6.76. The van der Waals surface area contributed by atoms with Crippen LogP contribution in [0.4, 0.5) is 5.13 Å². The first-order valence-electron chi connectivity index (χ1n) is 8.63. The number of rotatable bonds is 4. The monoisotopic (exact) mass is 307 g/mol. The molecule has 1 aliphatic heterocycles. The molecule has 2 aliphatic rings. The number of nitrogens with zero attached hydrogens (tertiary/aromatic N) is 2. The summed E-state index contributed by atoms with van der Waals surface area (Å²) in [6.07, 6.45) is 7.65. The van der Waals surface area contributed by atoms with Crippen molar-refractivity contribution in [2.24, 2.45) is 5.41 Å². The van der Waals surface area contributed by atoms with Crippen LogP contribution in [0.2, 0.25) is 0 Å². The summed E-state index contributed by atoms with van der Waals surface area (Å²) >= 11 is 1.95. The van der Waals surface area contributed by atoms with E-state index in [1.807, 2.05) is 11.3 Å². The van der Waals surface area contributed by atoms with Crippen molar-refractivity contribution in [2.45, 2.75) is 65.3 Å². The molecule has 4 heteroatoms. The molecule has 1 aromatic rings. The zero-order valence-electron chi connectivity index (χ0n) is 13.7. The summed E-state index contributed by atoms with van der Waals surface area (Å²) in [7, 11) is 0. The Morgan fingerprint density at radius 1 is 1.33 bits per heavy atom. The molecule has 0 bridgehead atoms. The Labute approximate surface area is 133 Å². The van der Waals surface area contributed by atoms with E-state index in [1.165, 1.54) is 67.3 Å². The number of piperidine rings is 1. The molecule has 1 saturated heterocycles. The zero-order valence-corrected chi connectivity index (χ0v) is 14.6. The van der Waals surface area contributed by atoms with E-state index >= 15 is 0 Å². The second-order valence-electron chi connectivity index (χ2n) is 6.96. The molecular formula is C17H29N3S. The predicted molar refractivity (Wildman–Crippen MR) is 91.3 cm³/mol. The number of hydrogen-bond donors (Lipinski definition) is 1. The summed E-state index contributed by atoms with van der Waals surface area (Å²) in [5, 5.41) is 4.91. The number of aryl methyl sites for hydroxylation is 1. The average Bonchev–Trinajstić information content (AvgIpc) is 2.93. The van der Waals surface area contributed by atoms with Crippen molar-refractivity contribution in [3.63, 3.8) is 0 Å². The second kappa shape index (κ2) is 6.25. The molecular weight excluding hydrogens is 278 g/mol. The minimum absolute atomic E-state index is 0.552. The van der Waals surface area contributed by atoms with E-state index < -0.39 is 0 Å². The zero-order chi connectivity index (χ0) is 14.9. The van der Waals surface area contributed by atoms with Crippen molar-refractivity contribution in [1.82, 2.24) is 10.3 Å². The number of fused-ring (bicyclic) bond motifs is 1. The quantitative estimate of drug-likeness (QED) is 0.906. The Bertz CT molecular complexity index is 474. The van der Waals surface area contributed by atoms with Crippen LogP contribution < -0.4 is 10.2 Å². The normalized spacial score (nSPS) is 24.9. The lowest BCUT2D eigenvalue weighted by Gasteiger charge is -2.38. The Hall–Kier alpha value is -0.610. The van der Waals surface area contributed by atoms with Gasteiger partial charge in [0.2, 0.25) is 0 Å². The molecule has 118 valence electrons. The number of aromatic nitrogens is 1. The summed E-state index contributed by atoms with van der Waals surface area (Å²) in [6, 6.07) is 0.552. The van der Waals surface area contributed by atoms with Crippen LogP contribution in [0.25, 0.3) is 0 Å². The van der Waals surface area contributed by atoms with Crippen molar-refractivity contribution in [3.8, 4) is 0 Å². The van der Waals surface area contributed by atoms with Crippen molar-refractivity contribution in [1.29, 1.82) is 0 Å². The van der Waals surface area contributed by atoms with Gasteiger partial charge >= 0.3 is 0 Å². The fourth-order valence-corrected chi connectivity index (χ4v) is 4.85. The maximum absolute atomic E-state index is 4.98. The third-order valence-electron chi connectivity index (χ3n) is 5.48. The molecule has 0 spiro atoms. The molecule has 1 unspecified atom stereocenters. The fraction of sp³-hybridized carbons (Fsp3) is 0.824. The summed E-state index contributed by atoms with van der Waals surface area (Å²) in [6.45, 7) is 10.4. The van der Waals surface area contributed by atoms with E-state index in [0.717, 1.165) is 6.54 Å². The maximum Gasteiger partial charge on any atom is 0.185 e. The van der Waals surface area contributed by atoms with E-state index in [0.29, 0.717) is 11.5 Å². The molecule has 1 aliphatic carbocycles. The Balaban J connectivity index is 1.73. The first kappa shape index (κ1) is 15.3. The van der Waals surface area contributed by atoms with Gasteiger partial charge in [-0.2, -0.15) is 0 Å². The Morgan fingerprint density at radius 2 is 2.10 bits per heavy atom. The highest BCUT2D eigenvalue weighted by atomic mass is 32.1. The third kappa shape index (κ3) is 3.11. The van der Waals surface area contributed by atoms with Crippen molar-refractivity contribution < 1.29 is 0 Å². The van der Waals surface area contributed by atoms with Crippen LogP contribution >= 0.6 is 11.3 Å². The van der Waals surface area contributed by atoms with E-state index in [-0.39, 0.29) is 0 Å². The minimum atomic E-state index is 0.552. The van der Waals surface area contributed by atoms with Gasteiger partial charge in [0, 0.05) is 24.0 Å². The first-order chi connectivity index (χ1) is 10.1. The number of nitrogens with one attached hydrogen (secondary N) is 1. The molecule has 0 radical (unpaired) electrons. The minimum Gasteiger partial charge on any atom is -0.348 e. The van der Waals surface area contributed by atoms with Gasteiger partial charge in [-0.3, -0.25) is 0 Å². The van der Waals surface area contributed by atoms with Crippen LogP contribution in [-0.4, -0.2) is 24.6 Å². The lowest BCUT2D eigenvalue weighted by molar-refractivity contribution is 0.238. The largest absolute Gasteiger partial charge is 0.348 e. The molecule has 0 aromatic carbocycles. The van der Waals surface area contributed by atoms with Crippen molar-refractivity contribution in [3.05, 3.63) is 10.6 Å². The van der Waals surface area contributed by atoms with Gasteiger partial charge in [-0.1, -0.05) is 38.5 Å². The Morgan fingerprint density at radius 3 is 2.76 bits per heavy atom. The highest BCUT2D eigenvalue weighted by Crippen LogP contribution is 2.40. The lowest BCUT2D eigenvalue weighted by Crippen LogP contribution is -2.38. The van der Waals surface area contributed by atoms with Gasteiger partial charge in [-0.15, -0.1) is 0 Å². The van der Waals surface area contributed by atoms with Crippen LogP contribution in [-0.2, 0) is 6.42 Å². The number of anilines is 1. The van der Waals surface area contributed by atoms with E-state index in [9.17, 15) is 0 Å². The van der Waals surface area contributed by atoms with Gasteiger partial charge in [-0.05, 0) is 44.1 Å². The first-order valence-corrected chi connectivity index (χ1v) is 9.45. The molecule has 2 heterocycles. The molecule has 1 fully saturated rings. The summed E-state index contributed by atoms with van der Waals surface area (Å²) in [5.74, 6) is 0. The van der Waals surface area contributed by atoms with Crippen molar-refractivity contribution in [2.75, 3.05) is 24.5 Å². The standard InChI is InChI=1S/C17H29N3S/c1-4-17(3)9-11-20(12-10-17)16-19-14-8-6-7-13(18-5-2)15(14)21-16/h13,18H,4-12H2,1-3H3. The van der Waals surface area contributed by atoms with Gasteiger partial charge in [0.25, 0.3) is 0 Å². The molecule has 21 heavy (non-hydrogen) atoms.